The molecule has 2 heterocycles. The highest BCUT2D eigenvalue weighted by Crippen LogP contribution is 2.45. The van der Waals surface area contributed by atoms with E-state index in [0.717, 1.165) is 32.5 Å². The average Bonchev–Trinajstić information content (AvgIpc) is 3.23. The van der Waals surface area contributed by atoms with Crippen LogP contribution < -0.4 is 38.3 Å². The molecule has 5 rings (SSSR count). The maximum absolute atomic E-state index is 2.57. The Bertz CT molecular complexity index is 1400. The third-order valence-electron chi connectivity index (χ3n) is 6.89. The number of hydrogen-bond acceptors (Lipinski definition) is 4. The molecule has 3 aromatic carbocycles. The Hall–Kier alpha value is -2.55. The number of anilines is 2. The van der Waals surface area contributed by atoms with Gasteiger partial charge in [-0.1, -0.05) is 67.2 Å². The average molecular weight is 637 g/mol. The summed E-state index contributed by atoms with van der Waals surface area (Å²) >= 11 is 1.85. The first-order valence-corrected chi connectivity index (χ1v) is 14.0. The molecule has 1 aliphatic heterocycles. The summed E-state index contributed by atoms with van der Waals surface area (Å²) in [6, 6.07) is 30.7. The zero-order valence-electron chi connectivity index (χ0n) is 22.8. The summed E-state index contributed by atoms with van der Waals surface area (Å²) in [7, 11) is 6.48. The molecule has 6 heteroatoms. The smallest absolute Gasteiger partial charge is 0.282 e. The van der Waals surface area contributed by atoms with Gasteiger partial charge in [0.05, 0.1) is 23.8 Å². The van der Waals surface area contributed by atoms with Gasteiger partial charge in [-0.3, -0.25) is 4.90 Å². The Kier molecular flexibility index (Phi) is 9.74. The summed E-state index contributed by atoms with van der Waals surface area (Å²) in [6.07, 6.45) is 4.60. The van der Waals surface area contributed by atoms with Gasteiger partial charge < -0.3 is 33.8 Å². The highest BCUT2D eigenvalue weighted by molar-refractivity contribution is 8.03. The molecule has 198 valence electrons. The molecule has 0 bridgehead atoms. The molecule has 0 fully saturated rings. The number of pyridine rings is 1. The normalized spacial score (nSPS) is 13.7. The number of halogens is 1. The fraction of sp³-hybridized carbons (Fsp3) is 0.281. The maximum Gasteiger partial charge on any atom is 0.282 e. The predicted octanol–water partition coefficient (Wildman–Crippen LogP) is 3.83. The molecular formula is C32H37IN4S. The van der Waals surface area contributed by atoms with Crippen LogP contribution in [0.15, 0.2) is 94.9 Å². The van der Waals surface area contributed by atoms with E-state index in [2.05, 4.69) is 138 Å². The Balaban J connectivity index is 0.00000336. The fourth-order valence-electron chi connectivity index (χ4n) is 5.09. The molecule has 4 aromatic rings. The monoisotopic (exact) mass is 636 g/mol. The number of aromatic nitrogens is 1. The van der Waals surface area contributed by atoms with Gasteiger partial charge in [0.15, 0.2) is 0 Å². The van der Waals surface area contributed by atoms with E-state index in [9.17, 15) is 0 Å². The van der Waals surface area contributed by atoms with Crippen LogP contribution in [0.25, 0.3) is 22.7 Å². The van der Waals surface area contributed by atoms with Crippen molar-refractivity contribution in [2.24, 2.45) is 0 Å². The lowest BCUT2D eigenvalue weighted by molar-refractivity contribution is -0.553. The second-order valence-corrected chi connectivity index (χ2v) is 11.0. The summed E-state index contributed by atoms with van der Waals surface area (Å²) in [5, 5.41) is 2.52. The molecule has 0 radical (unpaired) electrons. The number of nitrogens with zero attached hydrogens (tertiary/aromatic N) is 4. The van der Waals surface area contributed by atoms with Crippen molar-refractivity contribution in [3.05, 3.63) is 95.5 Å². The molecule has 0 aliphatic carbocycles. The minimum Gasteiger partial charge on any atom is -1.00 e. The van der Waals surface area contributed by atoms with Crippen molar-refractivity contribution in [3.63, 3.8) is 0 Å². The zero-order valence-corrected chi connectivity index (χ0v) is 25.7. The summed E-state index contributed by atoms with van der Waals surface area (Å²) in [6.45, 7) is 5.40. The van der Waals surface area contributed by atoms with Gasteiger partial charge in [-0.15, -0.1) is 0 Å². The van der Waals surface area contributed by atoms with Crippen molar-refractivity contribution in [2.45, 2.75) is 24.7 Å². The molecule has 0 spiro atoms. The van der Waals surface area contributed by atoms with E-state index < -0.39 is 0 Å². The molecule has 0 saturated carbocycles. The predicted molar refractivity (Wildman–Crippen MR) is 160 cm³/mol. The highest BCUT2D eigenvalue weighted by Gasteiger charge is 2.26. The zero-order chi connectivity index (χ0) is 25.8. The van der Waals surface area contributed by atoms with Gasteiger partial charge in [0.25, 0.3) is 5.82 Å². The van der Waals surface area contributed by atoms with E-state index in [1.54, 1.807) is 0 Å². The molecule has 0 unspecified atom stereocenters. The fourth-order valence-corrected chi connectivity index (χ4v) is 6.19. The lowest BCUT2D eigenvalue weighted by atomic mass is 10.1. The molecule has 4 nitrogen and oxygen atoms in total. The molecule has 0 amide bonds. The second-order valence-electron chi connectivity index (χ2n) is 9.90. The summed E-state index contributed by atoms with van der Waals surface area (Å²) < 4.78 is 2.45. The summed E-state index contributed by atoms with van der Waals surface area (Å²) in [4.78, 5) is 8.47. The SMILES string of the molecule is CCCN(CCCN(C)C)c1cc(/C=C2/Sc3ccccc3N2C)c2ccccc2[n+]1-c1ccccc1.[I-]. The van der Waals surface area contributed by atoms with Gasteiger partial charge in [-0.05, 0) is 68.9 Å². The topological polar surface area (TPSA) is 13.6 Å². The van der Waals surface area contributed by atoms with Gasteiger partial charge in [0.1, 0.15) is 11.2 Å². The first-order chi connectivity index (χ1) is 18.1. The molecule has 0 atom stereocenters. The summed E-state index contributed by atoms with van der Waals surface area (Å²) in [5.41, 5.74) is 4.96. The van der Waals surface area contributed by atoms with Gasteiger partial charge in [-0.2, -0.15) is 4.57 Å². The van der Waals surface area contributed by atoms with Crippen LogP contribution >= 0.6 is 11.8 Å². The number of rotatable bonds is 9. The molecule has 38 heavy (non-hydrogen) atoms. The third kappa shape index (κ3) is 6.03. The van der Waals surface area contributed by atoms with Crippen LogP contribution in [-0.4, -0.2) is 45.7 Å². The number of hydrogen-bond donors (Lipinski definition) is 0. The Morgan fingerprint density at radius 2 is 1.58 bits per heavy atom. The molecule has 0 saturated heterocycles. The largest absolute Gasteiger partial charge is 1.00 e. The van der Waals surface area contributed by atoms with Crippen LogP contribution in [0.3, 0.4) is 0 Å². The van der Waals surface area contributed by atoms with Gasteiger partial charge >= 0.3 is 0 Å². The Morgan fingerprint density at radius 1 is 0.868 bits per heavy atom. The number of para-hydroxylation sites is 3. The van der Waals surface area contributed by atoms with Gasteiger partial charge in [0, 0.05) is 29.9 Å². The van der Waals surface area contributed by atoms with Crippen molar-refractivity contribution >= 4 is 40.2 Å². The van der Waals surface area contributed by atoms with Gasteiger partial charge in [-0.25, -0.2) is 0 Å². The minimum atomic E-state index is 0. The van der Waals surface area contributed by atoms with E-state index >= 15 is 0 Å². The van der Waals surface area contributed by atoms with Crippen LogP contribution in [0.4, 0.5) is 11.5 Å². The van der Waals surface area contributed by atoms with E-state index in [1.807, 2.05) is 11.8 Å². The second kappa shape index (κ2) is 13.0. The first-order valence-electron chi connectivity index (χ1n) is 13.2. The first kappa shape index (κ1) is 28.5. The van der Waals surface area contributed by atoms with Crippen molar-refractivity contribution < 1.29 is 28.5 Å². The lowest BCUT2D eigenvalue weighted by Crippen LogP contribution is -3.00. The van der Waals surface area contributed by atoms with Crippen LogP contribution in [0.5, 0.6) is 0 Å². The van der Waals surface area contributed by atoms with Crippen molar-refractivity contribution in [3.8, 4) is 5.69 Å². The minimum absolute atomic E-state index is 0. The van der Waals surface area contributed by atoms with Crippen LogP contribution in [-0.2, 0) is 0 Å². The maximum atomic E-state index is 2.57. The lowest BCUT2D eigenvalue weighted by Gasteiger charge is -2.22. The van der Waals surface area contributed by atoms with E-state index in [0.29, 0.717) is 0 Å². The third-order valence-corrected chi connectivity index (χ3v) is 8.05. The summed E-state index contributed by atoms with van der Waals surface area (Å²) in [5.74, 6) is 1.25. The molecular weight excluding hydrogens is 599 g/mol. The molecule has 1 aromatic heterocycles. The van der Waals surface area contributed by atoms with Crippen molar-refractivity contribution in [1.29, 1.82) is 0 Å². The van der Waals surface area contributed by atoms with Crippen LogP contribution in [0.2, 0.25) is 0 Å². The highest BCUT2D eigenvalue weighted by atomic mass is 127. The van der Waals surface area contributed by atoms with E-state index in [4.69, 9.17) is 0 Å². The molecule has 0 N–H and O–H groups in total. The Morgan fingerprint density at radius 3 is 2.32 bits per heavy atom. The standard InChI is InChI=1S/C32H37N4S.HI/c1-5-20-35(22-13-21-33(2)3)31-23-25(24-32-34(4)29-18-11-12-19-30(29)37-32)27-16-9-10-17-28(27)36(31)26-14-7-6-8-15-26;/h6-12,14-19,23-24H,5,13,20-22H2,1-4H3;1H/q+1;/p-1. The van der Waals surface area contributed by atoms with E-state index in [-0.39, 0.29) is 24.0 Å². The number of thioether (sulfide) groups is 1. The number of fused-ring (bicyclic) bond motifs is 2. The van der Waals surface area contributed by atoms with Crippen LogP contribution in [0, 0.1) is 0 Å². The number of benzene rings is 3. The van der Waals surface area contributed by atoms with Gasteiger partial charge in [0.2, 0.25) is 0 Å². The Labute approximate surface area is 249 Å². The van der Waals surface area contributed by atoms with Crippen molar-refractivity contribution in [2.75, 3.05) is 50.6 Å². The van der Waals surface area contributed by atoms with Crippen molar-refractivity contribution in [1.82, 2.24) is 4.90 Å². The quantitative estimate of drug-likeness (QED) is 0.205. The van der Waals surface area contributed by atoms with E-state index in [1.165, 1.54) is 43.6 Å². The molecule has 1 aliphatic rings. The van der Waals surface area contributed by atoms with Crippen LogP contribution in [0.1, 0.15) is 25.3 Å².